The maximum atomic E-state index is 14.6. The van der Waals surface area contributed by atoms with Crippen LogP contribution in [-0.4, -0.2) is 33.8 Å². The standard InChI is InChI=1S/C23H14Cl2F5NO4/c1-3-9-6-7-22(24)20(33)31(19-17(29)15(27)14(26)16(28)18(19)30)21(34)23(22,25)13(9)11-8-10(35-2)4-5-12(11)32/h3-6,8,13,32H,1,7H2,2H3/t13-,22-,23+/m1/s1. The highest BCUT2D eigenvalue weighted by molar-refractivity contribution is 6.58. The zero-order valence-electron chi connectivity index (χ0n) is 17.6. The van der Waals surface area contributed by atoms with Crippen molar-refractivity contribution in [3.05, 3.63) is 77.2 Å². The van der Waals surface area contributed by atoms with E-state index in [1.165, 1.54) is 37.5 Å². The molecule has 2 aromatic rings. The van der Waals surface area contributed by atoms with Crippen molar-refractivity contribution in [2.75, 3.05) is 12.0 Å². The Balaban J connectivity index is 2.02. The maximum Gasteiger partial charge on any atom is 0.258 e. The smallest absolute Gasteiger partial charge is 0.258 e. The number of phenols is 1. The summed E-state index contributed by atoms with van der Waals surface area (Å²) in [5.41, 5.74) is -1.66. The number of imide groups is 1. The Bertz CT molecular complexity index is 1320. The minimum Gasteiger partial charge on any atom is -0.508 e. The van der Waals surface area contributed by atoms with Crippen molar-refractivity contribution in [2.24, 2.45) is 0 Å². The fourth-order valence-corrected chi connectivity index (χ4v) is 5.27. The molecule has 5 nitrogen and oxygen atoms in total. The molecule has 1 heterocycles. The molecule has 0 spiro atoms. The lowest BCUT2D eigenvalue weighted by Gasteiger charge is -2.42. The van der Waals surface area contributed by atoms with E-state index in [0.717, 1.165) is 0 Å². The van der Waals surface area contributed by atoms with E-state index in [1.807, 2.05) is 0 Å². The minimum absolute atomic E-state index is 0.0596. The number of amides is 2. The molecular weight excluding hydrogens is 520 g/mol. The second-order valence-electron chi connectivity index (χ2n) is 7.85. The summed E-state index contributed by atoms with van der Waals surface area (Å²) in [6.07, 6.45) is 2.18. The highest BCUT2D eigenvalue weighted by Crippen LogP contribution is 2.61. The molecule has 0 saturated carbocycles. The van der Waals surface area contributed by atoms with Crippen molar-refractivity contribution in [1.82, 2.24) is 0 Å². The number of fused-ring (bicyclic) bond motifs is 1. The SMILES string of the molecule is C=CC1=CC[C@@]2(Cl)C(=O)N(c3c(F)c(F)c(F)c(F)c3F)C(=O)[C@@]2(Cl)[C@H]1c1cc(OC)ccc1O. The fourth-order valence-electron chi connectivity index (χ4n) is 4.43. The number of alkyl halides is 2. The predicted octanol–water partition coefficient (Wildman–Crippen LogP) is 5.22. The lowest BCUT2D eigenvalue weighted by Crippen LogP contribution is -2.54. The molecule has 0 aromatic heterocycles. The number of phenolic OH excluding ortho intramolecular Hbond substituents is 1. The molecule has 1 aliphatic carbocycles. The molecule has 2 aliphatic rings. The minimum atomic E-state index is -2.58. The number of ether oxygens (including phenoxy) is 1. The van der Waals surface area contributed by atoms with Crippen LogP contribution in [0.1, 0.15) is 17.9 Å². The molecule has 35 heavy (non-hydrogen) atoms. The van der Waals surface area contributed by atoms with Crippen molar-refractivity contribution >= 4 is 40.7 Å². The van der Waals surface area contributed by atoms with Crippen molar-refractivity contribution in [2.45, 2.75) is 22.1 Å². The van der Waals surface area contributed by atoms with Crippen molar-refractivity contribution < 1.29 is 41.4 Å². The van der Waals surface area contributed by atoms with E-state index in [0.29, 0.717) is 0 Å². The van der Waals surface area contributed by atoms with Gasteiger partial charge in [-0.05, 0) is 30.2 Å². The van der Waals surface area contributed by atoms with E-state index in [-0.39, 0.29) is 21.8 Å². The number of nitrogens with zero attached hydrogens (tertiary/aromatic N) is 1. The van der Waals surface area contributed by atoms with Crippen LogP contribution in [0, 0.1) is 29.1 Å². The average Bonchev–Trinajstić information content (AvgIpc) is 2.99. The van der Waals surface area contributed by atoms with Crippen molar-refractivity contribution in [3.8, 4) is 11.5 Å². The highest BCUT2D eigenvalue weighted by Gasteiger charge is 2.74. The number of hydrogen-bond acceptors (Lipinski definition) is 4. The molecule has 0 unspecified atom stereocenters. The third-order valence-corrected chi connectivity index (χ3v) is 7.59. The molecule has 2 aromatic carbocycles. The lowest BCUT2D eigenvalue weighted by molar-refractivity contribution is -0.122. The number of methoxy groups -OCH3 is 1. The van der Waals surface area contributed by atoms with Crippen LogP contribution in [0.25, 0.3) is 0 Å². The molecule has 0 bridgehead atoms. The number of halogens is 7. The zero-order valence-corrected chi connectivity index (χ0v) is 19.2. The quantitative estimate of drug-likeness (QED) is 0.192. The third-order valence-electron chi connectivity index (χ3n) is 6.17. The molecule has 12 heteroatoms. The van der Waals surface area contributed by atoms with E-state index in [9.17, 15) is 36.6 Å². The van der Waals surface area contributed by atoms with Crippen molar-refractivity contribution in [1.29, 1.82) is 0 Å². The first-order valence-electron chi connectivity index (χ1n) is 9.84. The summed E-state index contributed by atoms with van der Waals surface area (Å²) in [6.45, 7) is 3.63. The van der Waals surface area contributed by atoms with Gasteiger partial charge in [0.15, 0.2) is 33.0 Å². The van der Waals surface area contributed by atoms with Gasteiger partial charge in [0.05, 0.1) is 7.11 Å². The van der Waals surface area contributed by atoms with Gasteiger partial charge in [-0.2, -0.15) is 0 Å². The number of hydrogen-bond donors (Lipinski definition) is 1. The molecule has 3 atom stereocenters. The van der Waals surface area contributed by atoms with Crippen LogP contribution in [0.2, 0.25) is 0 Å². The fraction of sp³-hybridized carbons (Fsp3) is 0.217. The number of allylic oxidation sites excluding steroid dienone is 3. The van der Waals surface area contributed by atoms with Crippen LogP contribution < -0.4 is 9.64 Å². The Labute approximate surface area is 205 Å². The first kappa shape index (κ1) is 25.0. The maximum absolute atomic E-state index is 14.6. The van der Waals surface area contributed by atoms with Crippen LogP contribution in [0.5, 0.6) is 11.5 Å². The number of benzene rings is 2. The van der Waals surface area contributed by atoms with Gasteiger partial charge in [0, 0.05) is 11.5 Å². The van der Waals surface area contributed by atoms with Gasteiger partial charge in [-0.1, -0.05) is 18.7 Å². The van der Waals surface area contributed by atoms with Gasteiger partial charge in [0.2, 0.25) is 5.82 Å². The largest absolute Gasteiger partial charge is 0.508 e. The number of carbonyl (C=O) groups excluding carboxylic acids is 2. The van der Waals surface area contributed by atoms with Crippen LogP contribution in [0.4, 0.5) is 27.6 Å². The number of carbonyl (C=O) groups is 2. The second kappa shape index (κ2) is 8.23. The molecule has 2 amide bonds. The van der Waals surface area contributed by atoms with Crippen molar-refractivity contribution in [3.63, 3.8) is 0 Å². The number of anilines is 1. The Kier molecular flexibility index (Phi) is 5.88. The van der Waals surface area contributed by atoms with Gasteiger partial charge in [-0.3, -0.25) is 9.59 Å². The zero-order chi connectivity index (χ0) is 26.0. The van der Waals surface area contributed by atoms with Gasteiger partial charge < -0.3 is 9.84 Å². The van der Waals surface area contributed by atoms with E-state index >= 15 is 0 Å². The number of aromatic hydroxyl groups is 1. The summed E-state index contributed by atoms with van der Waals surface area (Å²) in [5, 5.41) is 10.6. The normalized spacial score (nSPS) is 26.0. The Morgan fingerprint density at radius 3 is 2.17 bits per heavy atom. The van der Waals surface area contributed by atoms with E-state index in [1.54, 1.807) is 0 Å². The van der Waals surface area contributed by atoms with E-state index in [4.69, 9.17) is 27.9 Å². The molecular formula is C23H14Cl2F5NO4. The third kappa shape index (κ3) is 3.12. The lowest BCUT2D eigenvalue weighted by atomic mass is 9.68. The predicted molar refractivity (Wildman–Crippen MR) is 116 cm³/mol. The average molecular weight is 534 g/mol. The Hall–Kier alpha value is -3.11. The Morgan fingerprint density at radius 2 is 1.63 bits per heavy atom. The van der Waals surface area contributed by atoms with Crippen LogP contribution >= 0.6 is 23.2 Å². The molecule has 1 fully saturated rings. The molecule has 1 saturated heterocycles. The van der Waals surface area contributed by atoms with E-state index < -0.39 is 74.4 Å². The highest BCUT2D eigenvalue weighted by atomic mass is 35.5. The first-order chi connectivity index (χ1) is 16.4. The van der Waals surface area contributed by atoms with Crippen LogP contribution in [0.15, 0.2) is 42.5 Å². The van der Waals surface area contributed by atoms with Gasteiger partial charge in [0.1, 0.15) is 17.2 Å². The Morgan fingerprint density at radius 1 is 1.06 bits per heavy atom. The topological polar surface area (TPSA) is 66.8 Å². The summed E-state index contributed by atoms with van der Waals surface area (Å²) in [5.74, 6) is -16.7. The molecule has 1 aliphatic heterocycles. The summed E-state index contributed by atoms with van der Waals surface area (Å²) >= 11 is 13.3. The van der Waals surface area contributed by atoms with Gasteiger partial charge in [-0.25, -0.2) is 26.9 Å². The second-order valence-corrected chi connectivity index (χ2v) is 9.09. The summed E-state index contributed by atoms with van der Waals surface area (Å²) < 4.78 is 75.8. The molecule has 184 valence electrons. The van der Waals surface area contributed by atoms with Crippen LogP contribution in [-0.2, 0) is 9.59 Å². The first-order valence-corrected chi connectivity index (χ1v) is 10.6. The van der Waals surface area contributed by atoms with Crippen LogP contribution in [0.3, 0.4) is 0 Å². The summed E-state index contributed by atoms with van der Waals surface area (Å²) in [7, 11) is 1.32. The summed E-state index contributed by atoms with van der Waals surface area (Å²) in [4.78, 5) is 21.7. The van der Waals surface area contributed by atoms with Gasteiger partial charge >= 0.3 is 0 Å². The molecule has 0 radical (unpaired) electrons. The number of rotatable bonds is 4. The van der Waals surface area contributed by atoms with Gasteiger partial charge in [0.25, 0.3) is 11.8 Å². The van der Waals surface area contributed by atoms with Gasteiger partial charge in [-0.15, -0.1) is 23.2 Å². The summed E-state index contributed by atoms with van der Waals surface area (Å²) in [6, 6.07) is 3.89. The van der Waals surface area contributed by atoms with E-state index in [2.05, 4.69) is 6.58 Å². The molecule has 4 rings (SSSR count). The molecule has 1 N–H and O–H groups in total. The monoisotopic (exact) mass is 533 g/mol.